The molecule has 0 aliphatic rings. The summed E-state index contributed by atoms with van der Waals surface area (Å²) in [4.78, 5) is 22.0. The van der Waals surface area contributed by atoms with Crippen LogP contribution in [0.5, 0.6) is 0 Å². The average Bonchev–Trinajstić information content (AvgIpc) is 2.67. The highest BCUT2D eigenvalue weighted by atomic mass is 32.1. The van der Waals surface area contributed by atoms with Gasteiger partial charge in [-0.2, -0.15) is 0 Å². The van der Waals surface area contributed by atoms with Crippen molar-refractivity contribution < 1.29 is 14.7 Å². The first-order valence-corrected chi connectivity index (χ1v) is 4.67. The van der Waals surface area contributed by atoms with Crippen molar-refractivity contribution in [2.75, 3.05) is 5.32 Å². The van der Waals surface area contributed by atoms with Crippen molar-refractivity contribution in [3.63, 3.8) is 0 Å². The van der Waals surface area contributed by atoms with Gasteiger partial charge in [-0.15, -0.1) is 0 Å². The molecule has 8 heteroatoms. The van der Waals surface area contributed by atoms with E-state index in [2.05, 4.69) is 20.1 Å². The van der Waals surface area contributed by atoms with Crippen LogP contribution in [0.25, 0.3) is 0 Å². The van der Waals surface area contributed by atoms with Gasteiger partial charge < -0.3 is 5.11 Å². The Morgan fingerprint density at radius 1 is 1.33 bits per heavy atom. The summed E-state index contributed by atoms with van der Waals surface area (Å²) in [6.45, 7) is 2.78. The molecule has 7 nitrogen and oxygen atoms in total. The van der Waals surface area contributed by atoms with Gasteiger partial charge in [-0.05, 0) is 19.1 Å². The minimum Gasteiger partial charge on any atom is -0.478 e. The smallest absolute Gasteiger partial charge is 0.331 e. The third-order valence-corrected chi connectivity index (χ3v) is 2.26. The van der Waals surface area contributed by atoms with E-state index in [0.29, 0.717) is 0 Å². The maximum absolute atomic E-state index is 11.4. The molecule has 0 atom stereocenters. The average molecular weight is 228 g/mol. The lowest BCUT2D eigenvalue weighted by Crippen LogP contribution is -2.16. The van der Waals surface area contributed by atoms with Gasteiger partial charge in [0.25, 0.3) is 5.91 Å². The zero-order chi connectivity index (χ0) is 11.4. The van der Waals surface area contributed by atoms with Gasteiger partial charge in [0.05, 0.1) is 0 Å². The summed E-state index contributed by atoms with van der Waals surface area (Å²) < 4.78 is 3.45. The van der Waals surface area contributed by atoms with Crippen LogP contribution in [0.2, 0.25) is 0 Å². The normalized spacial score (nSPS) is 11.9. The summed E-state index contributed by atoms with van der Waals surface area (Å²) in [7, 11) is 0. The van der Waals surface area contributed by atoms with E-state index in [0.717, 1.165) is 11.5 Å². The number of aliphatic carboxylic acids is 1. The predicted octanol–water partition coefficient (Wildman–Crippen LogP) is 0.293. The van der Waals surface area contributed by atoms with Crippen molar-refractivity contribution in [2.45, 2.75) is 13.8 Å². The molecule has 1 amide bonds. The summed E-state index contributed by atoms with van der Waals surface area (Å²) in [5, 5.41) is 18.0. The van der Waals surface area contributed by atoms with E-state index >= 15 is 0 Å². The lowest BCUT2D eigenvalue weighted by Gasteiger charge is -2.02. The summed E-state index contributed by atoms with van der Waals surface area (Å²) >= 11 is 0.915. The van der Waals surface area contributed by atoms with Crippen molar-refractivity contribution in [2.24, 2.45) is 0 Å². The highest BCUT2D eigenvalue weighted by Gasteiger charge is 2.13. The number of aromatic nitrogens is 3. The molecule has 2 N–H and O–H groups in total. The van der Waals surface area contributed by atoms with Crippen LogP contribution >= 0.6 is 11.5 Å². The maximum atomic E-state index is 11.4. The summed E-state index contributed by atoms with van der Waals surface area (Å²) in [6, 6.07) is 0. The van der Waals surface area contributed by atoms with Crippen LogP contribution < -0.4 is 5.32 Å². The molecule has 15 heavy (non-hydrogen) atoms. The van der Waals surface area contributed by atoms with E-state index in [4.69, 9.17) is 5.11 Å². The highest BCUT2D eigenvalue weighted by Crippen LogP contribution is 2.09. The van der Waals surface area contributed by atoms with Crippen LogP contribution in [0, 0.1) is 0 Å². The molecule has 80 valence electrons. The summed E-state index contributed by atoms with van der Waals surface area (Å²) in [5.41, 5.74) is 0.114. The number of anilines is 1. The SMILES string of the molecule is C/C(C(=O)O)=C(/C)C(=O)Nc1nnns1. The fourth-order valence-electron chi connectivity index (χ4n) is 0.703. The van der Waals surface area contributed by atoms with Gasteiger partial charge in [0.15, 0.2) is 0 Å². The van der Waals surface area contributed by atoms with E-state index < -0.39 is 11.9 Å². The van der Waals surface area contributed by atoms with E-state index in [-0.39, 0.29) is 16.3 Å². The van der Waals surface area contributed by atoms with E-state index in [1.165, 1.54) is 13.8 Å². The van der Waals surface area contributed by atoms with Crippen molar-refractivity contribution in [1.29, 1.82) is 0 Å². The molecule has 0 saturated heterocycles. The Bertz CT molecular complexity index is 412. The second kappa shape index (κ2) is 4.60. The third-order valence-electron chi connectivity index (χ3n) is 1.74. The lowest BCUT2D eigenvalue weighted by molar-refractivity contribution is -0.133. The maximum Gasteiger partial charge on any atom is 0.331 e. The molecule has 1 aromatic heterocycles. The molecule has 1 rings (SSSR count). The second-order valence-electron chi connectivity index (χ2n) is 2.68. The largest absolute Gasteiger partial charge is 0.478 e. The fourth-order valence-corrected chi connectivity index (χ4v) is 1.07. The second-order valence-corrected chi connectivity index (χ2v) is 3.41. The molecule has 0 unspecified atom stereocenters. The van der Waals surface area contributed by atoms with Gasteiger partial charge in [-0.25, -0.2) is 4.79 Å². The van der Waals surface area contributed by atoms with Gasteiger partial charge in [0, 0.05) is 22.7 Å². The van der Waals surface area contributed by atoms with Crippen LogP contribution in [0.3, 0.4) is 0 Å². The number of carboxylic acids is 1. The molecular formula is C7H8N4O3S. The molecule has 0 aliphatic heterocycles. The molecule has 0 saturated carbocycles. The molecule has 0 spiro atoms. The first kappa shape index (κ1) is 11.2. The Kier molecular flexibility index (Phi) is 3.45. The third kappa shape index (κ3) is 2.81. The Labute approximate surface area is 89.0 Å². The zero-order valence-electron chi connectivity index (χ0n) is 8.01. The fraction of sp³-hybridized carbons (Fsp3) is 0.286. The quantitative estimate of drug-likeness (QED) is 0.720. The van der Waals surface area contributed by atoms with E-state index in [1.54, 1.807) is 0 Å². The minimum absolute atomic E-state index is 0.00928. The number of carbonyl (C=O) groups is 2. The topological polar surface area (TPSA) is 105 Å². The van der Waals surface area contributed by atoms with Gasteiger partial charge in [-0.3, -0.25) is 10.1 Å². The van der Waals surface area contributed by atoms with Gasteiger partial charge in [0.2, 0.25) is 5.13 Å². The minimum atomic E-state index is -1.13. The highest BCUT2D eigenvalue weighted by molar-refractivity contribution is 7.09. The molecule has 0 radical (unpaired) electrons. The summed E-state index contributed by atoms with van der Waals surface area (Å²) in [5.74, 6) is -1.65. The van der Waals surface area contributed by atoms with Crippen LogP contribution in [0.4, 0.5) is 5.13 Å². The Morgan fingerprint density at radius 2 is 2.00 bits per heavy atom. The van der Waals surface area contributed by atoms with Crippen LogP contribution in [0.1, 0.15) is 13.8 Å². The van der Waals surface area contributed by atoms with Gasteiger partial charge >= 0.3 is 5.97 Å². The predicted molar refractivity (Wildman–Crippen MR) is 52.3 cm³/mol. The Hall–Kier alpha value is -1.83. The number of carbonyl (C=O) groups excluding carboxylic acids is 1. The Morgan fingerprint density at radius 3 is 2.47 bits per heavy atom. The summed E-state index contributed by atoms with van der Waals surface area (Å²) in [6.07, 6.45) is 0. The number of nitrogens with one attached hydrogen (secondary N) is 1. The number of hydrogen-bond acceptors (Lipinski definition) is 6. The molecule has 1 aromatic rings. The number of rotatable bonds is 3. The number of amides is 1. The molecule has 0 bridgehead atoms. The van der Waals surface area contributed by atoms with Crippen molar-refractivity contribution in [1.82, 2.24) is 14.8 Å². The monoisotopic (exact) mass is 228 g/mol. The molecular weight excluding hydrogens is 220 g/mol. The van der Waals surface area contributed by atoms with Crippen molar-refractivity contribution in [3.8, 4) is 0 Å². The van der Waals surface area contributed by atoms with Crippen LogP contribution in [-0.2, 0) is 9.59 Å². The van der Waals surface area contributed by atoms with Gasteiger partial charge in [-0.1, -0.05) is 9.59 Å². The zero-order valence-corrected chi connectivity index (χ0v) is 8.83. The number of carboxylic acid groups (broad SMARTS) is 1. The van der Waals surface area contributed by atoms with Crippen molar-refractivity contribution in [3.05, 3.63) is 11.1 Å². The Balaban J connectivity index is 2.78. The number of hydrogen-bond donors (Lipinski definition) is 2. The molecule has 1 heterocycles. The van der Waals surface area contributed by atoms with E-state index in [1.807, 2.05) is 0 Å². The first-order chi connectivity index (χ1) is 7.02. The van der Waals surface area contributed by atoms with E-state index in [9.17, 15) is 9.59 Å². The van der Waals surface area contributed by atoms with Crippen LogP contribution in [0.15, 0.2) is 11.1 Å². The van der Waals surface area contributed by atoms with Crippen LogP contribution in [-0.4, -0.2) is 31.8 Å². The number of nitrogens with zero attached hydrogens (tertiary/aromatic N) is 3. The van der Waals surface area contributed by atoms with Crippen molar-refractivity contribution >= 4 is 28.5 Å². The standard InChI is InChI=1S/C7H8N4O3S/c1-3(4(2)6(13)14)5(12)8-7-9-10-11-15-7/h1-2H3,(H,13,14)(H,8,9,11,12)/b4-3+. The van der Waals surface area contributed by atoms with Gasteiger partial charge in [0.1, 0.15) is 0 Å². The molecule has 0 aromatic carbocycles. The molecule has 0 fully saturated rings. The molecule has 0 aliphatic carbocycles. The first-order valence-electron chi connectivity index (χ1n) is 3.89. The lowest BCUT2D eigenvalue weighted by atomic mass is 10.1.